The van der Waals surface area contributed by atoms with Gasteiger partial charge in [0.1, 0.15) is 0 Å². The third-order valence-electron chi connectivity index (χ3n) is 6.58. The van der Waals surface area contributed by atoms with Gasteiger partial charge in [0.25, 0.3) is 0 Å². The van der Waals surface area contributed by atoms with Gasteiger partial charge in [-0.15, -0.1) is 11.3 Å². The van der Waals surface area contributed by atoms with Gasteiger partial charge in [0.05, 0.1) is 33.7 Å². The molecule has 1 aromatic heterocycles. The monoisotopic (exact) mass is 486 g/mol. The van der Waals surface area contributed by atoms with Crippen molar-refractivity contribution in [1.29, 1.82) is 0 Å². The van der Waals surface area contributed by atoms with Crippen molar-refractivity contribution in [3.05, 3.63) is 35.5 Å². The Morgan fingerprint density at radius 3 is 2.97 bits per heavy atom. The van der Waals surface area contributed by atoms with Gasteiger partial charge in [-0.3, -0.25) is 10.1 Å². The topological polar surface area (TPSA) is 128 Å². The molecule has 0 saturated carbocycles. The van der Waals surface area contributed by atoms with Gasteiger partial charge >= 0.3 is 12.0 Å². The lowest BCUT2D eigenvalue weighted by atomic mass is 9.68. The lowest BCUT2D eigenvalue weighted by molar-refractivity contribution is -0.155. The molecule has 4 rings (SSSR count). The molecule has 0 radical (unpaired) electrons. The van der Waals surface area contributed by atoms with Crippen LogP contribution in [-0.4, -0.2) is 60.8 Å². The number of carbonyl (C=O) groups excluding carboxylic acids is 1. The molecule has 1 saturated heterocycles. The summed E-state index contributed by atoms with van der Waals surface area (Å²) in [6.45, 7) is 5.30. The molecule has 0 bridgehead atoms. The third-order valence-corrected chi connectivity index (χ3v) is 7.50. The Kier molecular flexibility index (Phi) is 6.87. The number of benzene rings is 1. The number of anilines is 1. The Labute approximate surface area is 202 Å². The second kappa shape index (κ2) is 9.69. The lowest BCUT2D eigenvalue weighted by Crippen LogP contribution is -2.71. The van der Waals surface area contributed by atoms with E-state index in [4.69, 9.17) is 9.73 Å². The zero-order chi connectivity index (χ0) is 24.3. The highest BCUT2D eigenvalue weighted by Gasteiger charge is 2.57. The molecule has 3 atom stereocenters. The van der Waals surface area contributed by atoms with Gasteiger partial charge in [-0.05, 0) is 50.6 Å². The van der Waals surface area contributed by atoms with Gasteiger partial charge in [0, 0.05) is 38.3 Å². The molecule has 34 heavy (non-hydrogen) atoms. The van der Waals surface area contributed by atoms with Gasteiger partial charge in [0.15, 0.2) is 0 Å². The minimum atomic E-state index is -1.39. The number of aliphatic carboxylic acids is 1. The summed E-state index contributed by atoms with van der Waals surface area (Å²) in [7, 11) is 1.64. The number of amides is 2. The molecule has 3 heterocycles. The first-order valence-electron chi connectivity index (χ1n) is 11.2. The predicted octanol–water partition coefficient (Wildman–Crippen LogP) is 2.52. The SMILES string of the molecule is CCNC(=O)NC1(C2CNCCC2(C)C(=O)O)N=CC=CN1c1cc(COC)c2scnc2c1. The Balaban J connectivity index is 1.90. The summed E-state index contributed by atoms with van der Waals surface area (Å²) >= 11 is 1.53. The first kappa shape index (κ1) is 24.1. The van der Waals surface area contributed by atoms with Crippen LogP contribution in [0, 0.1) is 11.3 Å². The fourth-order valence-corrected chi connectivity index (χ4v) is 5.58. The van der Waals surface area contributed by atoms with Crippen molar-refractivity contribution in [2.45, 2.75) is 32.7 Å². The van der Waals surface area contributed by atoms with Gasteiger partial charge < -0.3 is 25.4 Å². The normalized spacial score (nSPS) is 26.6. The Hall–Kier alpha value is -3.02. The number of nitrogens with zero attached hydrogens (tertiary/aromatic N) is 3. The van der Waals surface area contributed by atoms with Crippen LogP contribution in [0.25, 0.3) is 10.2 Å². The zero-order valence-electron chi connectivity index (χ0n) is 19.5. The molecule has 2 amide bonds. The minimum absolute atomic E-state index is 0.362. The number of thiazole rings is 1. The van der Waals surface area contributed by atoms with Crippen molar-refractivity contribution in [3.8, 4) is 0 Å². The molecule has 3 unspecified atom stereocenters. The summed E-state index contributed by atoms with van der Waals surface area (Å²) in [5.74, 6) is -2.90. The van der Waals surface area contributed by atoms with Gasteiger partial charge in [0.2, 0.25) is 5.79 Å². The van der Waals surface area contributed by atoms with Gasteiger partial charge in [-0.25, -0.2) is 14.8 Å². The second-order valence-corrected chi connectivity index (χ2v) is 9.52. The van der Waals surface area contributed by atoms with E-state index in [0.717, 1.165) is 21.5 Å². The van der Waals surface area contributed by atoms with Gasteiger partial charge in [-0.2, -0.15) is 0 Å². The van der Waals surface area contributed by atoms with E-state index < -0.39 is 29.1 Å². The fourth-order valence-electron chi connectivity index (χ4n) is 4.81. The molecule has 1 fully saturated rings. The van der Waals surface area contributed by atoms with Crippen molar-refractivity contribution in [3.63, 3.8) is 0 Å². The number of rotatable bonds is 7. The number of carboxylic acid groups (broad SMARTS) is 1. The van der Waals surface area contributed by atoms with Crippen LogP contribution in [0.3, 0.4) is 0 Å². The predicted molar refractivity (Wildman–Crippen MR) is 132 cm³/mol. The highest BCUT2D eigenvalue weighted by molar-refractivity contribution is 7.17. The number of carboxylic acids is 1. The summed E-state index contributed by atoms with van der Waals surface area (Å²) in [6, 6.07) is 3.49. The molecular formula is C23H30N6O4S. The van der Waals surface area contributed by atoms with Crippen molar-refractivity contribution < 1.29 is 19.4 Å². The molecule has 2 aromatic rings. The smallest absolute Gasteiger partial charge is 0.318 e. The molecule has 182 valence electrons. The van der Waals surface area contributed by atoms with E-state index >= 15 is 0 Å². The van der Waals surface area contributed by atoms with Gasteiger partial charge in [-0.1, -0.05) is 0 Å². The average molecular weight is 487 g/mol. The number of hydrogen-bond donors (Lipinski definition) is 4. The van der Waals surface area contributed by atoms with Crippen LogP contribution in [-0.2, 0) is 16.1 Å². The van der Waals surface area contributed by atoms with Crippen LogP contribution in [0.5, 0.6) is 0 Å². The first-order valence-corrected chi connectivity index (χ1v) is 12.1. The van der Waals surface area contributed by atoms with Crippen molar-refractivity contribution in [2.75, 3.05) is 31.6 Å². The van der Waals surface area contributed by atoms with Crippen LogP contribution in [0.2, 0.25) is 0 Å². The van der Waals surface area contributed by atoms with E-state index in [-0.39, 0.29) is 0 Å². The van der Waals surface area contributed by atoms with Crippen molar-refractivity contribution >= 4 is 45.5 Å². The summed E-state index contributed by atoms with van der Waals surface area (Å²) in [6.07, 6.45) is 5.60. The lowest BCUT2D eigenvalue weighted by Gasteiger charge is -2.52. The maximum Gasteiger partial charge on any atom is 0.318 e. The van der Waals surface area contributed by atoms with Crippen LogP contribution >= 0.6 is 11.3 Å². The second-order valence-electron chi connectivity index (χ2n) is 8.67. The number of methoxy groups -OCH3 is 1. The first-order chi connectivity index (χ1) is 16.4. The zero-order valence-corrected chi connectivity index (χ0v) is 20.3. The number of aliphatic imine (C=N–C) groups is 1. The quantitative estimate of drug-likeness (QED) is 0.473. The summed E-state index contributed by atoms with van der Waals surface area (Å²) < 4.78 is 6.44. The largest absolute Gasteiger partial charge is 0.481 e. The van der Waals surface area contributed by atoms with E-state index in [9.17, 15) is 14.7 Å². The van der Waals surface area contributed by atoms with E-state index in [1.54, 1.807) is 31.8 Å². The maximum atomic E-state index is 12.9. The van der Waals surface area contributed by atoms with E-state index in [1.807, 2.05) is 30.2 Å². The van der Waals surface area contributed by atoms with E-state index in [1.165, 1.54) is 11.3 Å². The molecule has 0 spiro atoms. The number of nitrogens with one attached hydrogen (secondary N) is 3. The number of allylic oxidation sites excluding steroid dienone is 1. The number of hydrogen-bond acceptors (Lipinski definition) is 8. The fraction of sp³-hybridized carbons (Fsp3) is 0.478. The number of urea groups is 1. The van der Waals surface area contributed by atoms with E-state index in [0.29, 0.717) is 32.7 Å². The Morgan fingerprint density at radius 2 is 2.24 bits per heavy atom. The van der Waals surface area contributed by atoms with Crippen LogP contribution in [0.15, 0.2) is 34.9 Å². The number of aromatic nitrogens is 1. The number of carbonyl (C=O) groups is 2. The Morgan fingerprint density at radius 1 is 1.41 bits per heavy atom. The standard InChI is InChI=1S/C23H30N6O4S/c1-4-25-21(32)28-23(18-12-24-8-6-22(18,2)20(30)31)27-7-5-9-29(23)16-10-15(13-33-3)19-17(11-16)26-14-34-19/h5,7,9-11,14,18,24H,4,6,8,12-13H2,1-3H3,(H,30,31)(H2,25,28,32). The molecule has 2 aliphatic rings. The maximum absolute atomic E-state index is 12.9. The molecule has 11 heteroatoms. The summed E-state index contributed by atoms with van der Waals surface area (Å²) in [5.41, 5.74) is 3.13. The van der Waals surface area contributed by atoms with Crippen LogP contribution in [0.4, 0.5) is 10.5 Å². The average Bonchev–Trinajstić information content (AvgIpc) is 3.29. The number of piperidine rings is 1. The molecule has 1 aromatic carbocycles. The van der Waals surface area contributed by atoms with Crippen LogP contribution < -0.4 is 20.9 Å². The summed E-state index contributed by atoms with van der Waals surface area (Å²) in [5, 5.41) is 19.4. The van der Waals surface area contributed by atoms with Crippen molar-refractivity contribution in [2.24, 2.45) is 16.3 Å². The molecule has 0 aliphatic carbocycles. The highest BCUT2D eigenvalue weighted by atomic mass is 32.1. The molecule has 2 aliphatic heterocycles. The Bertz CT molecular complexity index is 1130. The molecule has 10 nitrogen and oxygen atoms in total. The highest BCUT2D eigenvalue weighted by Crippen LogP contribution is 2.45. The third kappa shape index (κ3) is 4.15. The van der Waals surface area contributed by atoms with E-state index in [2.05, 4.69) is 20.9 Å². The molecule has 4 N–H and O–H groups in total. The summed E-state index contributed by atoms with van der Waals surface area (Å²) in [4.78, 5) is 36.6. The van der Waals surface area contributed by atoms with Crippen LogP contribution in [0.1, 0.15) is 25.8 Å². The number of ether oxygens (including phenoxy) is 1. The molecular weight excluding hydrogens is 456 g/mol. The van der Waals surface area contributed by atoms with Crippen molar-refractivity contribution in [1.82, 2.24) is 20.9 Å². The number of fused-ring (bicyclic) bond motifs is 1. The minimum Gasteiger partial charge on any atom is -0.481 e.